The van der Waals surface area contributed by atoms with Crippen LogP contribution in [0.4, 0.5) is 0 Å². The summed E-state index contributed by atoms with van der Waals surface area (Å²) in [4.78, 5) is 11.8. The number of esters is 1. The highest BCUT2D eigenvalue weighted by Gasteiger charge is 2.13. The number of rotatable bonds is 20. The Bertz CT molecular complexity index is 385. The lowest BCUT2D eigenvalue weighted by Crippen LogP contribution is -2.28. The van der Waals surface area contributed by atoms with E-state index in [4.69, 9.17) is 9.47 Å². The third kappa shape index (κ3) is 17.1. The largest absolute Gasteiger partial charge is 0.466 e. The zero-order chi connectivity index (χ0) is 21.7. The summed E-state index contributed by atoms with van der Waals surface area (Å²) in [5.41, 5.74) is 0. The lowest BCUT2D eigenvalue weighted by atomic mass is 9.95. The zero-order valence-corrected chi connectivity index (χ0v) is 19.7. The normalized spacial score (nSPS) is 15.9. The predicted molar refractivity (Wildman–Crippen MR) is 123 cm³/mol. The van der Waals surface area contributed by atoms with Gasteiger partial charge in [0.25, 0.3) is 0 Å². The van der Waals surface area contributed by atoms with Gasteiger partial charge in [0.2, 0.25) is 0 Å². The molecule has 0 amide bonds. The molecule has 1 rings (SSSR count). The highest BCUT2D eigenvalue weighted by atomic mass is 16.6. The maximum Gasteiger partial charge on any atom is 0.305 e. The molecule has 0 aromatic carbocycles. The minimum atomic E-state index is -0.611. The number of aliphatic hydroxyl groups is 1. The number of hydrogen-bond donors (Lipinski definition) is 2. The molecular weight excluding hydrogens is 378 g/mol. The summed E-state index contributed by atoms with van der Waals surface area (Å²) in [5, 5.41) is 13.2. The topological polar surface area (TPSA) is 67.8 Å². The zero-order valence-electron chi connectivity index (χ0n) is 19.7. The third-order valence-corrected chi connectivity index (χ3v) is 6.14. The molecule has 0 aromatic rings. The maximum absolute atomic E-state index is 11.8. The Kier molecular flexibility index (Phi) is 18.5. The summed E-state index contributed by atoms with van der Waals surface area (Å²) in [6, 6.07) is 0. The first-order chi connectivity index (χ1) is 14.7. The summed E-state index contributed by atoms with van der Waals surface area (Å²) in [7, 11) is 0. The van der Waals surface area contributed by atoms with Crippen molar-refractivity contribution in [3.8, 4) is 0 Å². The predicted octanol–water partition coefficient (Wildman–Crippen LogP) is 5.74. The van der Waals surface area contributed by atoms with Crippen molar-refractivity contribution in [2.24, 2.45) is 5.92 Å². The molecule has 1 aliphatic rings. The quantitative estimate of drug-likeness (QED) is 0.147. The van der Waals surface area contributed by atoms with Crippen molar-refractivity contribution < 1.29 is 19.4 Å². The van der Waals surface area contributed by atoms with Gasteiger partial charge in [-0.05, 0) is 64.0 Å². The Morgan fingerprint density at radius 2 is 1.53 bits per heavy atom. The van der Waals surface area contributed by atoms with E-state index in [2.05, 4.69) is 12.2 Å². The molecule has 30 heavy (non-hydrogen) atoms. The van der Waals surface area contributed by atoms with E-state index in [1.807, 2.05) is 0 Å². The molecule has 0 spiro atoms. The van der Waals surface area contributed by atoms with E-state index in [1.165, 1.54) is 51.4 Å². The number of piperidine rings is 1. The highest BCUT2D eigenvalue weighted by Crippen LogP contribution is 2.16. The van der Waals surface area contributed by atoms with Crippen LogP contribution >= 0.6 is 0 Å². The van der Waals surface area contributed by atoms with E-state index in [9.17, 15) is 9.90 Å². The van der Waals surface area contributed by atoms with E-state index in [-0.39, 0.29) is 5.97 Å². The van der Waals surface area contributed by atoms with E-state index in [1.54, 1.807) is 0 Å². The molecule has 1 aliphatic heterocycles. The number of ether oxygens (including phenoxy) is 2. The third-order valence-electron chi connectivity index (χ3n) is 6.14. The first-order valence-electron chi connectivity index (χ1n) is 12.9. The van der Waals surface area contributed by atoms with E-state index in [0.29, 0.717) is 25.6 Å². The lowest BCUT2D eigenvalue weighted by molar-refractivity contribution is -0.144. The molecular formula is C25H49NO4. The van der Waals surface area contributed by atoms with Crippen molar-refractivity contribution in [2.75, 3.05) is 26.3 Å². The van der Waals surface area contributed by atoms with Crippen LogP contribution in [0.25, 0.3) is 0 Å². The van der Waals surface area contributed by atoms with Crippen molar-refractivity contribution in [2.45, 2.75) is 122 Å². The van der Waals surface area contributed by atoms with Crippen LogP contribution in [0.15, 0.2) is 0 Å². The molecule has 1 saturated heterocycles. The Labute approximate surface area is 185 Å². The minimum Gasteiger partial charge on any atom is -0.466 e. The molecule has 178 valence electrons. The monoisotopic (exact) mass is 427 g/mol. The van der Waals surface area contributed by atoms with Gasteiger partial charge in [0.05, 0.1) is 6.61 Å². The second kappa shape index (κ2) is 20.3. The molecule has 0 aliphatic carbocycles. The molecule has 0 saturated carbocycles. The molecule has 2 N–H and O–H groups in total. The summed E-state index contributed by atoms with van der Waals surface area (Å²) in [5.74, 6) is 0.673. The molecule has 0 radical (unpaired) electrons. The second-order valence-corrected chi connectivity index (χ2v) is 8.96. The Hall–Kier alpha value is -0.650. The van der Waals surface area contributed by atoms with E-state index < -0.39 is 6.29 Å². The SMILES string of the molecule is CCCCCCCCCOC(O)CCCCCCCC(=O)OCCC1CCNCC1. The van der Waals surface area contributed by atoms with Gasteiger partial charge in [-0.2, -0.15) is 0 Å². The van der Waals surface area contributed by atoms with E-state index in [0.717, 1.165) is 64.5 Å². The summed E-state index contributed by atoms with van der Waals surface area (Å²) in [6.07, 6.45) is 18.1. The van der Waals surface area contributed by atoms with Crippen LogP contribution in [0.3, 0.4) is 0 Å². The van der Waals surface area contributed by atoms with Crippen LogP contribution in [-0.2, 0) is 14.3 Å². The van der Waals surface area contributed by atoms with Crippen LogP contribution < -0.4 is 5.32 Å². The molecule has 1 unspecified atom stereocenters. The highest BCUT2D eigenvalue weighted by molar-refractivity contribution is 5.69. The van der Waals surface area contributed by atoms with Gasteiger partial charge in [-0.15, -0.1) is 0 Å². The summed E-state index contributed by atoms with van der Waals surface area (Å²) < 4.78 is 10.9. The molecule has 1 atom stereocenters. The molecule has 5 nitrogen and oxygen atoms in total. The van der Waals surface area contributed by atoms with Crippen molar-refractivity contribution in [1.29, 1.82) is 0 Å². The minimum absolute atomic E-state index is 0.0434. The Morgan fingerprint density at radius 3 is 2.27 bits per heavy atom. The number of carbonyl (C=O) groups excluding carboxylic acids is 1. The average molecular weight is 428 g/mol. The van der Waals surface area contributed by atoms with Crippen molar-refractivity contribution in [1.82, 2.24) is 5.32 Å². The van der Waals surface area contributed by atoms with Gasteiger partial charge in [0, 0.05) is 13.0 Å². The molecule has 0 bridgehead atoms. The van der Waals surface area contributed by atoms with Crippen molar-refractivity contribution in [3.63, 3.8) is 0 Å². The van der Waals surface area contributed by atoms with Crippen LogP contribution in [0.1, 0.15) is 116 Å². The number of hydrogen-bond acceptors (Lipinski definition) is 5. The van der Waals surface area contributed by atoms with Crippen LogP contribution in [0.2, 0.25) is 0 Å². The van der Waals surface area contributed by atoms with Gasteiger partial charge in [0.1, 0.15) is 0 Å². The fourth-order valence-electron chi connectivity index (χ4n) is 4.06. The average Bonchev–Trinajstić information content (AvgIpc) is 2.75. The van der Waals surface area contributed by atoms with E-state index >= 15 is 0 Å². The van der Waals surface area contributed by atoms with Gasteiger partial charge < -0.3 is 19.9 Å². The smallest absolute Gasteiger partial charge is 0.305 e. The molecule has 5 heteroatoms. The number of carbonyl (C=O) groups is 1. The van der Waals surface area contributed by atoms with Crippen LogP contribution in [0, 0.1) is 5.92 Å². The maximum atomic E-state index is 11.8. The van der Waals surface area contributed by atoms with Gasteiger partial charge in [-0.3, -0.25) is 4.79 Å². The molecule has 1 fully saturated rings. The van der Waals surface area contributed by atoms with Gasteiger partial charge in [0.15, 0.2) is 6.29 Å². The second-order valence-electron chi connectivity index (χ2n) is 8.96. The standard InChI is InChI=1S/C25H49NO4/c1-2-3-4-5-6-10-13-21-29-24(27)14-11-8-7-9-12-15-25(28)30-22-18-23-16-19-26-20-17-23/h23-24,26-27H,2-22H2,1H3. The Morgan fingerprint density at radius 1 is 0.900 bits per heavy atom. The number of aliphatic hydroxyl groups excluding tert-OH is 1. The molecule has 0 aromatic heterocycles. The summed E-state index contributed by atoms with van der Waals surface area (Å²) in [6.45, 7) is 5.69. The van der Waals surface area contributed by atoms with Crippen LogP contribution in [0.5, 0.6) is 0 Å². The van der Waals surface area contributed by atoms with Gasteiger partial charge in [-0.25, -0.2) is 0 Å². The van der Waals surface area contributed by atoms with Crippen molar-refractivity contribution >= 4 is 5.97 Å². The fraction of sp³-hybridized carbons (Fsp3) is 0.960. The van der Waals surface area contributed by atoms with Gasteiger partial charge >= 0.3 is 5.97 Å². The first-order valence-corrected chi connectivity index (χ1v) is 12.9. The first kappa shape index (κ1) is 27.4. The van der Waals surface area contributed by atoms with Crippen molar-refractivity contribution in [3.05, 3.63) is 0 Å². The summed E-state index contributed by atoms with van der Waals surface area (Å²) >= 11 is 0. The lowest BCUT2D eigenvalue weighted by Gasteiger charge is -2.22. The Balaban J connectivity index is 1.79. The fourth-order valence-corrected chi connectivity index (χ4v) is 4.06. The van der Waals surface area contributed by atoms with Gasteiger partial charge in [-0.1, -0.05) is 64.7 Å². The van der Waals surface area contributed by atoms with Crippen LogP contribution in [-0.4, -0.2) is 43.7 Å². The molecule has 1 heterocycles. The number of unbranched alkanes of at least 4 members (excludes halogenated alkanes) is 10. The number of nitrogens with one attached hydrogen (secondary N) is 1.